The molecule has 0 heterocycles. The van der Waals surface area contributed by atoms with Crippen LogP contribution in [0.1, 0.15) is 83.1 Å². The molecule has 0 aromatic heterocycles. The minimum absolute atomic E-state index is 0.314. The van der Waals surface area contributed by atoms with E-state index in [-0.39, 0.29) is 0 Å². The molecule has 1 aliphatic rings. The van der Waals surface area contributed by atoms with Crippen LogP contribution >= 0.6 is 0 Å². The van der Waals surface area contributed by atoms with Gasteiger partial charge in [-0.25, -0.2) is 0 Å². The van der Waals surface area contributed by atoms with Gasteiger partial charge in [-0.15, -0.1) is 0 Å². The number of rotatable bonds is 14. The standard InChI is InChI=1S/C25H38O2/c1-2-3-9-17-24-23(18-19-25(24)26)16-12-6-4-5-7-13-20-27-21-22-14-10-8-11-15-22/h3,8-11,14-15,23-24H,2,4-7,12-13,16-21H2,1H3. The highest BCUT2D eigenvalue weighted by Crippen LogP contribution is 2.35. The summed E-state index contributed by atoms with van der Waals surface area (Å²) in [7, 11) is 0. The Balaban J connectivity index is 1.44. The third kappa shape index (κ3) is 8.88. The average molecular weight is 371 g/mol. The van der Waals surface area contributed by atoms with Crippen molar-refractivity contribution < 1.29 is 9.53 Å². The number of carbonyl (C=O) groups is 1. The summed E-state index contributed by atoms with van der Waals surface area (Å²) in [5, 5.41) is 0. The minimum atomic E-state index is 0.314. The quantitative estimate of drug-likeness (QED) is 0.263. The van der Waals surface area contributed by atoms with Crippen LogP contribution < -0.4 is 0 Å². The highest BCUT2D eigenvalue weighted by molar-refractivity contribution is 5.83. The van der Waals surface area contributed by atoms with Crippen LogP contribution in [0.25, 0.3) is 0 Å². The summed E-state index contributed by atoms with van der Waals surface area (Å²) >= 11 is 0. The van der Waals surface area contributed by atoms with Crippen LogP contribution in [0.5, 0.6) is 0 Å². The first-order chi connectivity index (χ1) is 13.3. The monoisotopic (exact) mass is 370 g/mol. The molecule has 0 amide bonds. The lowest BCUT2D eigenvalue weighted by atomic mass is 9.87. The van der Waals surface area contributed by atoms with Crippen molar-refractivity contribution in [3.05, 3.63) is 48.0 Å². The number of Topliss-reactive ketones (excluding diaryl/α,β-unsaturated/α-hetero) is 1. The van der Waals surface area contributed by atoms with Crippen LogP contribution in [-0.4, -0.2) is 12.4 Å². The van der Waals surface area contributed by atoms with Gasteiger partial charge in [-0.05, 0) is 43.6 Å². The molecule has 150 valence electrons. The maximum atomic E-state index is 12.1. The molecule has 0 aliphatic heterocycles. The first-order valence-electron chi connectivity index (χ1n) is 11.1. The van der Waals surface area contributed by atoms with E-state index in [2.05, 4.69) is 43.3 Å². The fourth-order valence-electron chi connectivity index (χ4n) is 4.14. The Bertz CT molecular complexity index is 535. The van der Waals surface area contributed by atoms with Crippen molar-refractivity contribution in [1.29, 1.82) is 0 Å². The second-order valence-corrected chi connectivity index (χ2v) is 7.94. The molecule has 2 nitrogen and oxygen atoms in total. The molecule has 2 unspecified atom stereocenters. The van der Waals surface area contributed by atoms with Crippen molar-refractivity contribution in [2.24, 2.45) is 11.8 Å². The van der Waals surface area contributed by atoms with Gasteiger partial charge in [0.15, 0.2) is 0 Å². The third-order valence-electron chi connectivity index (χ3n) is 5.76. The zero-order valence-electron chi connectivity index (χ0n) is 17.2. The van der Waals surface area contributed by atoms with Gasteiger partial charge in [-0.2, -0.15) is 0 Å². The predicted octanol–water partition coefficient (Wildman–Crippen LogP) is 6.89. The van der Waals surface area contributed by atoms with Gasteiger partial charge < -0.3 is 4.74 Å². The lowest BCUT2D eigenvalue weighted by molar-refractivity contribution is -0.121. The van der Waals surface area contributed by atoms with Crippen molar-refractivity contribution in [3.8, 4) is 0 Å². The number of hydrogen-bond acceptors (Lipinski definition) is 2. The van der Waals surface area contributed by atoms with Gasteiger partial charge in [0, 0.05) is 18.9 Å². The van der Waals surface area contributed by atoms with Gasteiger partial charge in [-0.3, -0.25) is 4.79 Å². The molecule has 1 aliphatic carbocycles. The van der Waals surface area contributed by atoms with Crippen molar-refractivity contribution >= 4 is 5.78 Å². The molecule has 0 N–H and O–H groups in total. The SMILES string of the molecule is CCC=CCC1C(=O)CCC1CCCCCCCCOCc1ccccc1. The van der Waals surface area contributed by atoms with Crippen molar-refractivity contribution in [3.63, 3.8) is 0 Å². The highest BCUT2D eigenvalue weighted by atomic mass is 16.5. The minimum Gasteiger partial charge on any atom is -0.377 e. The molecule has 1 aromatic rings. The number of ketones is 1. The Kier molecular flexibility index (Phi) is 11.1. The molecule has 0 radical (unpaired) electrons. The molecule has 0 bridgehead atoms. The van der Waals surface area contributed by atoms with E-state index in [4.69, 9.17) is 4.74 Å². The summed E-state index contributed by atoms with van der Waals surface area (Å²) in [5.74, 6) is 1.47. The molecule has 2 heteroatoms. The molecule has 1 aromatic carbocycles. The molecule has 1 saturated carbocycles. The smallest absolute Gasteiger partial charge is 0.136 e. The lowest BCUT2D eigenvalue weighted by Gasteiger charge is -2.16. The molecular formula is C25H38O2. The highest BCUT2D eigenvalue weighted by Gasteiger charge is 2.32. The first kappa shape index (κ1) is 21.9. The van der Waals surface area contributed by atoms with E-state index < -0.39 is 0 Å². The van der Waals surface area contributed by atoms with Crippen LogP contribution in [0.4, 0.5) is 0 Å². The van der Waals surface area contributed by atoms with Crippen molar-refractivity contribution in [1.82, 2.24) is 0 Å². The van der Waals surface area contributed by atoms with E-state index >= 15 is 0 Å². The van der Waals surface area contributed by atoms with Gasteiger partial charge in [0.25, 0.3) is 0 Å². The molecule has 2 rings (SSSR count). The molecule has 0 spiro atoms. The maximum absolute atomic E-state index is 12.1. The average Bonchev–Trinajstić information content (AvgIpc) is 3.04. The summed E-state index contributed by atoms with van der Waals surface area (Å²) in [6.45, 7) is 3.75. The number of carbonyl (C=O) groups excluding carboxylic acids is 1. The zero-order chi connectivity index (χ0) is 19.2. The molecule has 1 fully saturated rings. The topological polar surface area (TPSA) is 26.3 Å². The molecular weight excluding hydrogens is 332 g/mol. The van der Waals surface area contributed by atoms with Gasteiger partial charge in [-0.1, -0.05) is 81.5 Å². The lowest BCUT2D eigenvalue weighted by Crippen LogP contribution is -2.14. The van der Waals surface area contributed by atoms with E-state index in [1.165, 1.54) is 44.1 Å². The number of ether oxygens (including phenoxy) is 1. The number of benzene rings is 1. The largest absolute Gasteiger partial charge is 0.377 e. The second-order valence-electron chi connectivity index (χ2n) is 7.94. The van der Waals surface area contributed by atoms with Crippen molar-refractivity contribution in [2.45, 2.75) is 84.2 Å². The fraction of sp³-hybridized carbons (Fsp3) is 0.640. The Morgan fingerprint density at radius 1 is 1.00 bits per heavy atom. The Labute approximate surface area is 166 Å². The Morgan fingerprint density at radius 2 is 1.74 bits per heavy atom. The summed E-state index contributed by atoms with van der Waals surface area (Å²) < 4.78 is 5.74. The number of hydrogen-bond donors (Lipinski definition) is 0. The van der Waals surface area contributed by atoms with Crippen LogP contribution in [0.15, 0.2) is 42.5 Å². The molecule has 2 atom stereocenters. The first-order valence-corrected chi connectivity index (χ1v) is 11.1. The van der Waals surface area contributed by atoms with Gasteiger partial charge in [0.2, 0.25) is 0 Å². The van der Waals surface area contributed by atoms with Crippen molar-refractivity contribution in [2.75, 3.05) is 6.61 Å². The van der Waals surface area contributed by atoms with Crippen LogP contribution in [0.3, 0.4) is 0 Å². The summed E-state index contributed by atoms with van der Waals surface area (Å²) in [4.78, 5) is 12.1. The van der Waals surface area contributed by atoms with E-state index in [0.29, 0.717) is 17.6 Å². The molecule has 0 saturated heterocycles. The Morgan fingerprint density at radius 3 is 2.52 bits per heavy atom. The van der Waals surface area contributed by atoms with E-state index in [1.54, 1.807) is 0 Å². The maximum Gasteiger partial charge on any atom is 0.136 e. The van der Waals surface area contributed by atoms with E-state index in [1.807, 2.05) is 6.07 Å². The summed E-state index contributed by atoms with van der Waals surface area (Å²) in [6, 6.07) is 10.4. The van der Waals surface area contributed by atoms with Crippen LogP contribution in [0, 0.1) is 11.8 Å². The van der Waals surface area contributed by atoms with Gasteiger partial charge in [0.1, 0.15) is 5.78 Å². The summed E-state index contributed by atoms with van der Waals surface area (Å²) in [5.41, 5.74) is 1.26. The van der Waals surface area contributed by atoms with Crippen LogP contribution in [-0.2, 0) is 16.1 Å². The third-order valence-corrected chi connectivity index (χ3v) is 5.76. The van der Waals surface area contributed by atoms with E-state index in [0.717, 1.165) is 45.3 Å². The zero-order valence-corrected chi connectivity index (χ0v) is 17.2. The van der Waals surface area contributed by atoms with Crippen LogP contribution in [0.2, 0.25) is 0 Å². The van der Waals surface area contributed by atoms with Gasteiger partial charge in [0.05, 0.1) is 6.61 Å². The second kappa shape index (κ2) is 13.7. The number of allylic oxidation sites excluding steroid dienone is 2. The van der Waals surface area contributed by atoms with E-state index in [9.17, 15) is 4.79 Å². The van der Waals surface area contributed by atoms with Gasteiger partial charge >= 0.3 is 0 Å². The fourth-order valence-corrected chi connectivity index (χ4v) is 4.14. The normalized spacial score (nSPS) is 20.0. The molecule has 27 heavy (non-hydrogen) atoms. The predicted molar refractivity (Wildman–Crippen MR) is 114 cm³/mol. The Hall–Kier alpha value is -1.41. The summed E-state index contributed by atoms with van der Waals surface area (Å²) in [6.07, 6.45) is 17.3. The number of unbranched alkanes of at least 4 members (excludes halogenated alkanes) is 5.